The number of hydrogen-bond donors (Lipinski definition) is 2. The molecule has 0 aliphatic rings. The highest BCUT2D eigenvalue weighted by Crippen LogP contribution is 2.27. The first-order chi connectivity index (χ1) is 11.6. The topological polar surface area (TPSA) is 87.7 Å². The number of H-pyrrole nitrogens is 1. The lowest BCUT2D eigenvalue weighted by molar-refractivity contribution is 0.102. The Morgan fingerprint density at radius 2 is 2.00 bits per heavy atom. The van der Waals surface area contributed by atoms with Crippen LogP contribution in [0.5, 0.6) is 0 Å². The van der Waals surface area contributed by atoms with Crippen LogP contribution < -0.4 is 5.32 Å². The van der Waals surface area contributed by atoms with Crippen LogP contribution >= 0.6 is 23.2 Å². The first-order valence-electron chi connectivity index (χ1n) is 6.81. The summed E-state index contributed by atoms with van der Waals surface area (Å²) >= 11 is 12.0. The zero-order valence-electron chi connectivity index (χ0n) is 12.1. The first-order valence-corrected chi connectivity index (χ1v) is 7.56. The van der Waals surface area contributed by atoms with Gasteiger partial charge >= 0.3 is 0 Å². The molecule has 3 aromatic rings. The Hall–Kier alpha value is -2.70. The molecule has 0 fully saturated rings. The van der Waals surface area contributed by atoms with Crippen LogP contribution in [0.25, 0.3) is 0 Å². The molecule has 2 N–H and O–H groups in total. The van der Waals surface area contributed by atoms with Gasteiger partial charge in [-0.1, -0.05) is 29.3 Å². The Balaban J connectivity index is 1.81. The number of amides is 1. The van der Waals surface area contributed by atoms with E-state index >= 15 is 0 Å². The molecule has 0 saturated heterocycles. The number of ketones is 1. The van der Waals surface area contributed by atoms with Gasteiger partial charge in [-0.25, -0.2) is 9.97 Å². The number of hydrogen-bond acceptors (Lipinski definition) is 4. The summed E-state index contributed by atoms with van der Waals surface area (Å²) < 4.78 is 0. The third-order valence-corrected chi connectivity index (χ3v) is 4.03. The SMILES string of the molecule is O=C(Nc1ccncn1)c1cc(C(=O)c2cccc(Cl)c2Cl)c[nH]1. The predicted octanol–water partition coefficient (Wildman–Crippen LogP) is 3.59. The highest BCUT2D eigenvalue weighted by Gasteiger charge is 2.18. The Bertz CT molecular complexity index is 909. The second-order valence-corrected chi connectivity index (χ2v) is 5.57. The van der Waals surface area contributed by atoms with Crippen molar-refractivity contribution in [1.82, 2.24) is 15.0 Å². The van der Waals surface area contributed by atoms with Gasteiger partial charge < -0.3 is 10.3 Å². The second-order valence-electron chi connectivity index (χ2n) is 4.78. The summed E-state index contributed by atoms with van der Waals surface area (Å²) in [6.07, 6.45) is 4.27. The molecule has 6 nitrogen and oxygen atoms in total. The summed E-state index contributed by atoms with van der Waals surface area (Å²) in [4.78, 5) is 35.1. The molecule has 0 unspecified atom stereocenters. The minimum absolute atomic E-state index is 0.178. The average Bonchev–Trinajstić information content (AvgIpc) is 3.08. The van der Waals surface area contributed by atoms with Crippen LogP contribution in [0.15, 0.2) is 49.1 Å². The van der Waals surface area contributed by atoms with Crippen molar-refractivity contribution in [3.05, 3.63) is 75.9 Å². The lowest BCUT2D eigenvalue weighted by Crippen LogP contribution is -2.13. The van der Waals surface area contributed by atoms with E-state index in [1.165, 1.54) is 24.8 Å². The van der Waals surface area contributed by atoms with E-state index in [1.807, 2.05) is 0 Å². The predicted molar refractivity (Wildman–Crippen MR) is 90.7 cm³/mol. The monoisotopic (exact) mass is 360 g/mol. The van der Waals surface area contributed by atoms with Crippen LogP contribution in [-0.4, -0.2) is 26.6 Å². The second kappa shape index (κ2) is 6.82. The number of aromatic amines is 1. The van der Waals surface area contributed by atoms with Crippen LogP contribution in [0.3, 0.4) is 0 Å². The van der Waals surface area contributed by atoms with E-state index in [-0.39, 0.29) is 22.1 Å². The number of benzene rings is 1. The third kappa shape index (κ3) is 3.29. The number of carbonyl (C=O) groups excluding carboxylic acids is 2. The molecule has 0 bridgehead atoms. The van der Waals surface area contributed by atoms with Gasteiger partial charge in [-0.15, -0.1) is 0 Å². The molecule has 0 atom stereocenters. The highest BCUT2D eigenvalue weighted by molar-refractivity contribution is 6.44. The van der Waals surface area contributed by atoms with Gasteiger partial charge in [0, 0.05) is 23.5 Å². The molecule has 0 aliphatic carbocycles. The Labute approximate surface area is 146 Å². The van der Waals surface area contributed by atoms with Gasteiger partial charge in [0.1, 0.15) is 17.8 Å². The smallest absolute Gasteiger partial charge is 0.273 e. The maximum absolute atomic E-state index is 12.5. The molecular weight excluding hydrogens is 351 g/mol. The Morgan fingerprint density at radius 3 is 2.75 bits per heavy atom. The maximum Gasteiger partial charge on any atom is 0.273 e. The fourth-order valence-electron chi connectivity index (χ4n) is 2.04. The van der Waals surface area contributed by atoms with Crippen LogP contribution in [0.1, 0.15) is 26.4 Å². The van der Waals surface area contributed by atoms with Crippen LogP contribution in [0.4, 0.5) is 5.82 Å². The molecule has 0 spiro atoms. The molecule has 2 heterocycles. The molecule has 8 heteroatoms. The van der Waals surface area contributed by atoms with Gasteiger partial charge in [-0.05, 0) is 24.3 Å². The minimum Gasteiger partial charge on any atom is -0.356 e. The normalized spacial score (nSPS) is 10.4. The quantitative estimate of drug-likeness (QED) is 0.695. The summed E-state index contributed by atoms with van der Waals surface area (Å²) in [5.74, 6) is -0.403. The number of nitrogens with one attached hydrogen (secondary N) is 2. The standard InChI is InChI=1S/C16H10Cl2N4O2/c17-11-3-1-2-10(14(11)18)15(23)9-6-12(20-7-9)16(24)22-13-4-5-19-8-21-13/h1-8,20H,(H,19,21,22,24). The number of aromatic nitrogens is 3. The van der Waals surface area contributed by atoms with Crippen molar-refractivity contribution >= 4 is 40.7 Å². The minimum atomic E-state index is -0.426. The Kier molecular flexibility index (Phi) is 4.59. The molecule has 3 rings (SSSR count). The van der Waals surface area contributed by atoms with Gasteiger partial charge in [0.15, 0.2) is 5.78 Å². The molecule has 24 heavy (non-hydrogen) atoms. The molecule has 1 aromatic carbocycles. The van der Waals surface area contributed by atoms with Crippen molar-refractivity contribution in [2.45, 2.75) is 0 Å². The zero-order chi connectivity index (χ0) is 17.1. The van der Waals surface area contributed by atoms with E-state index in [2.05, 4.69) is 20.3 Å². The number of carbonyl (C=O) groups is 2. The number of halogens is 2. The van der Waals surface area contributed by atoms with Gasteiger partial charge in [-0.3, -0.25) is 9.59 Å². The van der Waals surface area contributed by atoms with Crippen molar-refractivity contribution in [1.29, 1.82) is 0 Å². The molecule has 120 valence electrons. The van der Waals surface area contributed by atoms with Crippen molar-refractivity contribution in [2.24, 2.45) is 0 Å². The molecule has 0 aliphatic heterocycles. The molecular formula is C16H10Cl2N4O2. The van der Waals surface area contributed by atoms with Gasteiger partial charge in [0.2, 0.25) is 0 Å². The zero-order valence-corrected chi connectivity index (χ0v) is 13.6. The summed E-state index contributed by atoms with van der Waals surface area (Å²) in [5.41, 5.74) is 0.785. The average molecular weight is 361 g/mol. The first kappa shape index (κ1) is 16.2. The van der Waals surface area contributed by atoms with E-state index in [0.717, 1.165) is 0 Å². The number of anilines is 1. The van der Waals surface area contributed by atoms with Crippen molar-refractivity contribution in [2.75, 3.05) is 5.32 Å². The van der Waals surface area contributed by atoms with E-state index in [4.69, 9.17) is 23.2 Å². The van der Waals surface area contributed by atoms with E-state index < -0.39 is 5.91 Å². The van der Waals surface area contributed by atoms with Crippen molar-refractivity contribution < 1.29 is 9.59 Å². The van der Waals surface area contributed by atoms with E-state index in [9.17, 15) is 9.59 Å². The largest absolute Gasteiger partial charge is 0.356 e. The van der Waals surface area contributed by atoms with Crippen LogP contribution in [-0.2, 0) is 0 Å². The maximum atomic E-state index is 12.5. The molecule has 1 amide bonds. The lowest BCUT2D eigenvalue weighted by Gasteiger charge is -2.03. The van der Waals surface area contributed by atoms with Crippen molar-refractivity contribution in [3.8, 4) is 0 Å². The molecule has 0 radical (unpaired) electrons. The Morgan fingerprint density at radius 1 is 1.17 bits per heavy atom. The van der Waals surface area contributed by atoms with Crippen molar-refractivity contribution in [3.63, 3.8) is 0 Å². The molecule has 0 saturated carbocycles. The van der Waals surface area contributed by atoms with Gasteiger partial charge in [-0.2, -0.15) is 0 Å². The summed E-state index contributed by atoms with van der Waals surface area (Å²) in [6, 6.07) is 7.80. The number of nitrogens with zero attached hydrogens (tertiary/aromatic N) is 2. The summed E-state index contributed by atoms with van der Waals surface area (Å²) in [6.45, 7) is 0. The number of rotatable bonds is 4. The fraction of sp³-hybridized carbons (Fsp3) is 0. The van der Waals surface area contributed by atoms with Gasteiger partial charge in [0.05, 0.1) is 10.0 Å². The van der Waals surface area contributed by atoms with Crippen LogP contribution in [0, 0.1) is 0 Å². The van der Waals surface area contributed by atoms with Crippen LogP contribution in [0.2, 0.25) is 10.0 Å². The molecule has 2 aromatic heterocycles. The fourth-order valence-corrected chi connectivity index (χ4v) is 2.43. The van der Waals surface area contributed by atoms with Gasteiger partial charge in [0.25, 0.3) is 5.91 Å². The van der Waals surface area contributed by atoms with E-state index in [0.29, 0.717) is 16.4 Å². The third-order valence-electron chi connectivity index (χ3n) is 3.21. The summed E-state index contributed by atoms with van der Waals surface area (Å²) in [5, 5.41) is 3.06. The lowest BCUT2D eigenvalue weighted by atomic mass is 10.1. The van der Waals surface area contributed by atoms with E-state index in [1.54, 1.807) is 24.3 Å². The summed E-state index contributed by atoms with van der Waals surface area (Å²) in [7, 11) is 0. The highest BCUT2D eigenvalue weighted by atomic mass is 35.5.